The highest BCUT2D eigenvalue weighted by Gasteiger charge is 2.44. The van der Waals surface area contributed by atoms with Gasteiger partial charge in [-0.25, -0.2) is 4.98 Å². The molecular formula is C31H36N8. The quantitative estimate of drug-likeness (QED) is 0.323. The summed E-state index contributed by atoms with van der Waals surface area (Å²) in [6.45, 7) is 8.67. The van der Waals surface area contributed by atoms with Crippen molar-refractivity contribution in [1.82, 2.24) is 25.2 Å². The van der Waals surface area contributed by atoms with Crippen LogP contribution in [0.4, 0.5) is 11.5 Å². The number of fused-ring (bicyclic) bond motifs is 4. The summed E-state index contributed by atoms with van der Waals surface area (Å²) < 4.78 is 0. The van der Waals surface area contributed by atoms with Crippen molar-refractivity contribution in [1.29, 1.82) is 0 Å². The number of nitrogens with one attached hydrogen (secondary N) is 4. The number of anilines is 2. The van der Waals surface area contributed by atoms with E-state index >= 15 is 0 Å². The van der Waals surface area contributed by atoms with Gasteiger partial charge in [0.25, 0.3) is 0 Å². The van der Waals surface area contributed by atoms with E-state index in [4.69, 9.17) is 15.0 Å². The second kappa shape index (κ2) is 9.68. The molecule has 0 saturated carbocycles. The molecule has 4 aliphatic heterocycles. The average molecular weight is 521 g/mol. The lowest BCUT2D eigenvalue weighted by Gasteiger charge is -2.30. The number of likely N-dealkylation sites (tertiary alicyclic amines) is 1. The SMILES string of the molecule is CCc1cc(NC(C)C)cc(-c2cc3c(cn2)C2NC2N=C3c2nc3c([nH]2)C(N2CCCCC2)=CC=CN3)c1. The van der Waals surface area contributed by atoms with E-state index in [-0.39, 0.29) is 12.2 Å². The Hall–Kier alpha value is -3.91. The Balaban J connectivity index is 1.28. The predicted molar refractivity (Wildman–Crippen MR) is 158 cm³/mol. The van der Waals surface area contributed by atoms with Gasteiger partial charge < -0.3 is 20.5 Å². The van der Waals surface area contributed by atoms with Crippen LogP contribution in [0.3, 0.4) is 0 Å². The van der Waals surface area contributed by atoms with Gasteiger partial charge in [-0.15, -0.1) is 0 Å². The molecule has 8 heteroatoms. The Labute approximate surface area is 229 Å². The van der Waals surface area contributed by atoms with Crippen LogP contribution in [-0.4, -0.2) is 50.9 Å². The Kier molecular flexibility index (Phi) is 6.00. The lowest BCUT2D eigenvalue weighted by molar-refractivity contribution is 0.325. The number of rotatable bonds is 6. The third kappa shape index (κ3) is 4.52. The first kappa shape index (κ1) is 24.2. The van der Waals surface area contributed by atoms with Gasteiger partial charge in [-0.2, -0.15) is 0 Å². The molecule has 4 N–H and O–H groups in total. The molecule has 8 nitrogen and oxygen atoms in total. The zero-order valence-electron chi connectivity index (χ0n) is 22.9. The van der Waals surface area contributed by atoms with Crippen LogP contribution >= 0.6 is 0 Å². The maximum atomic E-state index is 5.09. The molecule has 3 aromatic rings. The number of aromatic amines is 1. The second-order valence-electron chi connectivity index (χ2n) is 11.2. The highest BCUT2D eigenvalue weighted by Crippen LogP contribution is 2.40. The van der Waals surface area contributed by atoms with Gasteiger partial charge in [-0.05, 0) is 81.5 Å². The number of allylic oxidation sites excluding steroid dienone is 2. The molecule has 6 heterocycles. The van der Waals surface area contributed by atoms with Crippen molar-refractivity contribution in [3.8, 4) is 11.3 Å². The number of hydrogen-bond donors (Lipinski definition) is 4. The first-order valence-corrected chi connectivity index (χ1v) is 14.3. The largest absolute Gasteiger partial charge is 0.383 e. The summed E-state index contributed by atoms with van der Waals surface area (Å²) in [4.78, 5) is 21.2. The molecule has 2 atom stereocenters. The molecule has 39 heavy (non-hydrogen) atoms. The van der Waals surface area contributed by atoms with Gasteiger partial charge in [-0.1, -0.05) is 6.92 Å². The van der Waals surface area contributed by atoms with Crippen LogP contribution in [0.2, 0.25) is 0 Å². The molecule has 0 bridgehead atoms. The first-order valence-electron chi connectivity index (χ1n) is 14.3. The zero-order valence-corrected chi connectivity index (χ0v) is 22.9. The van der Waals surface area contributed by atoms with Gasteiger partial charge in [-0.3, -0.25) is 15.3 Å². The summed E-state index contributed by atoms with van der Waals surface area (Å²) in [7, 11) is 0. The molecule has 4 aliphatic rings. The van der Waals surface area contributed by atoms with Crippen LogP contribution in [0, 0.1) is 0 Å². The molecular weight excluding hydrogens is 484 g/mol. The molecule has 2 aromatic heterocycles. The number of aliphatic imine (C=N–C) groups is 1. The van der Waals surface area contributed by atoms with E-state index in [2.05, 4.69) is 83.0 Å². The van der Waals surface area contributed by atoms with Gasteiger partial charge in [0.2, 0.25) is 0 Å². The fourth-order valence-corrected chi connectivity index (χ4v) is 5.96. The standard InChI is InChI=1S/C31H36N8/c1-4-19-13-20(15-21(14-19)34-18(2)3)24-16-22-23(17-33-24)27-30(36-27)35-26(22)31-37-28-25(39-11-6-5-7-12-39)9-8-10-32-29(28)38-31/h8-10,13-18,27,30,32,34,36H,4-7,11-12H2,1-3H3,(H,37,38). The Bertz CT molecular complexity index is 1500. The lowest BCUT2D eigenvalue weighted by Crippen LogP contribution is -2.28. The maximum absolute atomic E-state index is 5.09. The van der Waals surface area contributed by atoms with E-state index in [1.54, 1.807) is 0 Å². The maximum Gasteiger partial charge on any atom is 0.159 e. The van der Waals surface area contributed by atoms with Gasteiger partial charge in [0.05, 0.1) is 17.4 Å². The Morgan fingerprint density at radius 1 is 1.10 bits per heavy atom. The number of imidazole rings is 1. The summed E-state index contributed by atoms with van der Waals surface area (Å²) in [6.07, 6.45) is 13.0. The van der Waals surface area contributed by atoms with Crippen molar-refractivity contribution < 1.29 is 0 Å². The van der Waals surface area contributed by atoms with Crippen LogP contribution in [0.5, 0.6) is 0 Å². The van der Waals surface area contributed by atoms with E-state index in [0.29, 0.717) is 6.04 Å². The highest BCUT2D eigenvalue weighted by molar-refractivity contribution is 6.13. The molecule has 2 fully saturated rings. The third-order valence-corrected chi connectivity index (χ3v) is 7.95. The van der Waals surface area contributed by atoms with Crippen molar-refractivity contribution in [3.05, 3.63) is 77.0 Å². The second-order valence-corrected chi connectivity index (χ2v) is 11.2. The lowest BCUT2D eigenvalue weighted by atomic mass is 9.95. The number of hydrogen-bond acceptors (Lipinski definition) is 7. The van der Waals surface area contributed by atoms with Crippen LogP contribution in [0.15, 0.2) is 53.8 Å². The van der Waals surface area contributed by atoms with E-state index in [9.17, 15) is 0 Å². The van der Waals surface area contributed by atoms with Crippen molar-refractivity contribution in [2.45, 2.75) is 64.7 Å². The molecule has 2 saturated heterocycles. The molecule has 1 aromatic carbocycles. The van der Waals surface area contributed by atoms with E-state index in [0.717, 1.165) is 65.1 Å². The monoisotopic (exact) mass is 520 g/mol. The van der Waals surface area contributed by atoms with Crippen molar-refractivity contribution >= 4 is 22.9 Å². The first-order chi connectivity index (χ1) is 19.1. The summed E-state index contributed by atoms with van der Waals surface area (Å²) >= 11 is 0. The zero-order chi connectivity index (χ0) is 26.5. The fraction of sp³-hybridized carbons (Fsp3) is 0.387. The molecule has 0 amide bonds. The molecule has 0 spiro atoms. The van der Waals surface area contributed by atoms with E-state index in [1.807, 2.05) is 12.4 Å². The summed E-state index contributed by atoms with van der Waals surface area (Å²) in [5.41, 5.74) is 9.88. The number of piperidine rings is 1. The van der Waals surface area contributed by atoms with Gasteiger partial charge in [0.15, 0.2) is 11.6 Å². The number of benzene rings is 1. The average Bonchev–Trinajstić information content (AvgIpc) is 3.68. The molecule has 7 rings (SSSR count). The van der Waals surface area contributed by atoms with Crippen LogP contribution in [0.1, 0.15) is 74.3 Å². The Morgan fingerprint density at radius 2 is 1.97 bits per heavy atom. The van der Waals surface area contributed by atoms with E-state index < -0.39 is 0 Å². The minimum absolute atomic E-state index is 0.0836. The minimum Gasteiger partial charge on any atom is -0.383 e. The molecule has 0 radical (unpaired) electrons. The normalized spacial score (nSPS) is 21.3. The topological polar surface area (TPSA) is 103 Å². The Morgan fingerprint density at radius 3 is 2.79 bits per heavy atom. The van der Waals surface area contributed by atoms with Crippen LogP contribution in [-0.2, 0) is 6.42 Å². The highest BCUT2D eigenvalue weighted by atomic mass is 15.3. The molecule has 2 unspecified atom stereocenters. The van der Waals surface area contributed by atoms with Crippen LogP contribution < -0.4 is 16.0 Å². The number of aryl methyl sites for hydroxylation is 1. The third-order valence-electron chi connectivity index (χ3n) is 7.95. The van der Waals surface area contributed by atoms with Gasteiger partial charge in [0, 0.05) is 53.9 Å². The molecule has 200 valence electrons. The van der Waals surface area contributed by atoms with Gasteiger partial charge >= 0.3 is 0 Å². The van der Waals surface area contributed by atoms with Gasteiger partial charge in [0.1, 0.15) is 17.6 Å². The van der Waals surface area contributed by atoms with Crippen molar-refractivity contribution in [3.63, 3.8) is 0 Å². The number of aromatic nitrogens is 3. The summed E-state index contributed by atoms with van der Waals surface area (Å²) in [5, 5.41) is 10.4. The molecule has 0 aliphatic carbocycles. The number of pyridine rings is 1. The fourth-order valence-electron chi connectivity index (χ4n) is 5.96. The number of nitrogens with zero attached hydrogens (tertiary/aromatic N) is 4. The van der Waals surface area contributed by atoms with Crippen LogP contribution in [0.25, 0.3) is 17.0 Å². The smallest absolute Gasteiger partial charge is 0.159 e. The van der Waals surface area contributed by atoms with E-state index in [1.165, 1.54) is 36.1 Å². The van der Waals surface area contributed by atoms with Crippen molar-refractivity contribution in [2.24, 2.45) is 4.99 Å². The van der Waals surface area contributed by atoms with Crippen molar-refractivity contribution in [2.75, 3.05) is 23.7 Å². The minimum atomic E-state index is 0.0836. The summed E-state index contributed by atoms with van der Waals surface area (Å²) in [5.74, 6) is 1.64. The number of H-pyrrole nitrogens is 1. The predicted octanol–water partition coefficient (Wildman–Crippen LogP) is 5.44. The summed E-state index contributed by atoms with van der Waals surface area (Å²) in [6, 6.07) is 9.47.